The number of methoxy groups -OCH3 is 1. The summed E-state index contributed by atoms with van der Waals surface area (Å²) in [4.78, 5) is 23.8. The molecule has 2 aromatic heterocycles. The van der Waals surface area contributed by atoms with Gasteiger partial charge in [0.05, 0.1) is 36.1 Å². The van der Waals surface area contributed by atoms with Gasteiger partial charge in [-0.05, 0) is 36.2 Å². The number of alkyl halides is 3. The second-order valence-corrected chi connectivity index (χ2v) is 7.00. The summed E-state index contributed by atoms with van der Waals surface area (Å²) in [5.41, 5.74) is 2.40. The molecule has 0 saturated carbocycles. The Labute approximate surface area is 180 Å². The van der Waals surface area contributed by atoms with E-state index in [9.17, 15) is 18.0 Å². The third-order valence-corrected chi connectivity index (χ3v) is 4.92. The molecule has 7 nitrogen and oxygen atoms in total. The van der Waals surface area contributed by atoms with Gasteiger partial charge in [-0.15, -0.1) is 0 Å². The van der Waals surface area contributed by atoms with Crippen LogP contribution in [0.4, 0.5) is 19.0 Å². The van der Waals surface area contributed by atoms with Crippen molar-refractivity contribution in [1.29, 1.82) is 0 Å². The summed E-state index contributed by atoms with van der Waals surface area (Å²) in [7, 11) is 1.19. The number of esters is 1. The smallest absolute Gasteiger partial charge is 0.450 e. The Morgan fingerprint density at radius 3 is 2.56 bits per heavy atom. The number of nitrogens with one attached hydrogen (secondary N) is 1. The molecular formula is C22H18F3N5O2. The van der Waals surface area contributed by atoms with Crippen molar-refractivity contribution in [3.05, 3.63) is 77.4 Å². The van der Waals surface area contributed by atoms with Crippen molar-refractivity contribution >= 4 is 22.8 Å². The van der Waals surface area contributed by atoms with Gasteiger partial charge in [0.25, 0.3) is 0 Å². The number of fused-ring (bicyclic) bond motifs is 1. The first-order chi connectivity index (χ1) is 15.3. The number of hydrogen-bond donors (Lipinski definition) is 1. The number of benzene rings is 2. The summed E-state index contributed by atoms with van der Waals surface area (Å²) in [5.74, 6) is -1.46. The molecule has 0 amide bonds. The number of nitrogens with zero attached hydrogens (tertiary/aromatic N) is 4. The van der Waals surface area contributed by atoms with Crippen LogP contribution in [0.5, 0.6) is 0 Å². The van der Waals surface area contributed by atoms with Crippen LogP contribution in [0.15, 0.2) is 54.9 Å². The highest BCUT2D eigenvalue weighted by Gasteiger charge is 2.38. The molecule has 0 aliphatic rings. The van der Waals surface area contributed by atoms with Gasteiger partial charge in [0, 0.05) is 6.54 Å². The zero-order valence-corrected chi connectivity index (χ0v) is 17.1. The first-order valence-electron chi connectivity index (χ1n) is 9.56. The minimum Gasteiger partial charge on any atom is -0.465 e. The number of anilines is 1. The highest BCUT2D eigenvalue weighted by atomic mass is 19.4. The van der Waals surface area contributed by atoms with Crippen LogP contribution in [0.2, 0.25) is 0 Å². The molecule has 164 valence electrons. The minimum absolute atomic E-state index is 0.0104. The van der Waals surface area contributed by atoms with Crippen molar-refractivity contribution in [3.8, 4) is 5.82 Å². The standard InChI is InChI=1S/C22H18F3N5O2/c1-13-5-3-4-6-15(13)10-26-18-11-28-19(12-27-18)30-17-8-7-14(20(31)32-2)9-16(17)29-21(30)22(23,24)25/h3-9,11-12H,10H2,1-2H3,(H,26,27). The quantitative estimate of drug-likeness (QED) is 0.458. The molecule has 0 aliphatic heterocycles. The Hall–Kier alpha value is -3.95. The first-order valence-corrected chi connectivity index (χ1v) is 9.56. The lowest BCUT2D eigenvalue weighted by molar-refractivity contribution is -0.145. The molecule has 32 heavy (non-hydrogen) atoms. The van der Waals surface area contributed by atoms with Gasteiger partial charge in [-0.2, -0.15) is 13.2 Å². The maximum atomic E-state index is 13.7. The second kappa shape index (κ2) is 8.29. The molecule has 0 spiro atoms. The molecule has 0 unspecified atom stereocenters. The Balaban J connectivity index is 1.69. The second-order valence-electron chi connectivity index (χ2n) is 7.00. The zero-order valence-electron chi connectivity index (χ0n) is 17.1. The Kier molecular flexibility index (Phi) is 5.52. The molecule has 10 heteroatoms. The summed E-state index contributed by atoms with van der Waals surface area (Å²) in [6.45, 7) is 2.49. The number of carbonyl (C=O) groups is 1. The number of halogens is 3. The summed E-state index contributed by atoms with van der Waals surface area (Å²) in [6.07, 6.45) is -2.14. The molecule has 4 aromatic rings. The number of aryl methyl sites for hydroxylation is 1. The van der Waals surface area contributed by atoms with Gasteiger partial charge in [0.2, 0.25) is 5.82 Å². The highest BCUT2D eigenvalue weighted by molar-refractivity contribution is 5.94. The van der Waals surface area contributed by atoms with Gasteiger partial charge >= 0.3 is 12.1 Å². The number of hydrogen-bond acceptors (Lipinski definition) is 6. The van der Waals surface area contributed by atoms with E-state index in [2.05, 4.69) is 25.0 Å². The van der Waals surface area contributed by atoms with E-state index >= 15 is 0 Å². The summed E-state index contributed by atoms with van der Waals surface area (Å²) >= 11 is 0. The molecule has 4 rings (SSSR count). The largest absolute Gasteiger partial charge is 0.465 e. The Morgan fingerprint density at radius 1 is 1.12 bits per heavy atom. The van der Waals surface area contributed by atoms with E-state index < -0.39 is 18.0 Å². The predicted octanol–water partition coefficient (Wildman–Crippen LogP) is 4.54. The van der Waals surface area contributed by atoms with E-state index in [0.29, 0.717) is 12.4 Å². The number of aromatic nitrogens is 4. The SMILES string of the molecule is COC(=O)c1ccc2c(c1)nc(C(F)(F)F)n2-c1cnc(NCc2ccccc2C)cn1. The van der Waals surface area contributed by atoms with E-state index in [1.165, 1.54) is 37.7 Å². The number of carbonyl (C=O) groups excluding carboxylic acids is 1. The van der Waals surface area contributed by atoms with Gasteiger partial charge < -0.3 is 10.1 Å². The van der Waals surface area contributed by atoms with E-state index in [1.54, 1.807) is 0 Å². The monoisotopic (exact) mass is 441 g/mol. The lowest BCUT2D eigenvalue weighted by Crippen LogP contribution is -2.15. The third-order valence-electron chi connectivity index (χ3n) is 4.92. The van der Waals surface area contributed by atoms with Crippen LogP contribution >= 0.6 is 0 Å². The van der Waals surface area contributed by atoms with Gasteiger partial charge in [0.15, 0.2) is 5.82 Å². The predicted molar refractivity (Wildman–Crippen MR) is 112 cm³/mol. The molecule has 1 N–H and O–H groups in total. The van der Waals surface area contributed by atoms with Crippen molar-refractivity contribution < 1.29 is 22.7 Å². The summed E-state index contributed by atoms with van der Waals surface area (Å²) < 4.78 is 46.6. The van der Waals surface area contributed by atoms with Gasteiger partial charge in [-0.25, -0.2) is 19.7 Å². The number of rotatable bonds is 5. The van der Waals surface area contributed by atoms with E-state index in [1.807, 2.05) is 31.2 Å². The molecule has 0 bridgehead atoms. The molecule has 0 atom stereocenters. The van der Waals surface area contributed by atoms with Crippen molar-refractivity contribution in [2.24, 2.45) is 0 Å². The molecule has 0 radical (unpaired) electrons. The van der Waals surface area contributed by atoms with Crippen LogP contribution in [0, 0.1) is 6.92 Å². The van der Waals surface area contributed by atoms with Crippen LogP contribution in [0.3, 0.4) is 0 Å². The van der Waals surface area contributed by atoms with Crippen LogP contribution in [0.25, 0.3) is 16.9 Å². The lowest BCUT2D eigenvalue weighted by Gasteiger charge is -2.12. The van der Waals surface area contributed by atoms with Crippen molar-refractivity contribution in [2.75, 3.05) is 12.4 Å². The molecule has 0 fully saturated rings. The summed E-state index contributed by atoms with van der Waals surface area (Å²) in [6, 6.07) is 11.8. The fourth-order valence-corrected chi connectivity index (χ4v) is 3.27. The minimum atomic E-state index is -4.74. The Morgan fingerprint density at radius 2 is 1.91 bits per heavy atom. The number of ether oxygens (including phenoxy) is 1. The summed E-state index contributed by atoms with van der Waals surface area (Å²) in [5, 5.41) is 3.11. The van der Waals surface area contributed by atoms with Gasteiger partial charge in [0.1, 0.15) is 5.82 Å². The van der Waals surface area contributed by atoms with Crippen LogP contribution in [-0.4, -0.2) is 32.6 Å². The maximum Gasteiger partial charge on any atom is 0.450 e. The van der Waals surface area contributed by atoms with E-state index in [0.717, 1.165) is 15.7 Å². The van der Waals surface area contributed by atoms with Crippen molar-refractivity contribution in [2.45, 2.75) is 19.6 Å². The van der Waals surface area contributed by atoms with E-state index in [4.69, 9.17) is 0 Å². The number of imidazole rings is 1. The first kappa shape index (κ1) is 21.3. The average Bonchev–Trinajstić information content (AvgIpc) is 3.18. The lowest BCUT2D eigenvalue weighted by atomic mass is 10.1. The molecule has 2 heterocycles. The van der Waals surface area contributed by atoms with Crippen molar-refractivity contribution in [3.63, 3.8) is 0 Å². The zero-order chi connectivity index (χ0) is 22.9. The fourth-order valence-electron chi connectivity index (χ4n) is 3.27. The maximum absolute atomic E-state index is 13.7. The highest BCUT2D eigenvalue weighted by Crippen LogP contribution is 2.33. The Bertz CT molecular complexity index is 1280. The van der Waals surface area contributed by atoms with Crippen molar-refractivity contribution in [1.82, 2.24) is 19.5 Å². The van der Waals surface area contributed by atoms with E-state index in [-0.39, 0.29) is 22.4 Å². The van der Waals surface area contributed by atoms with Gasteiger partial charge in [-0.3, -0.25) is 4.57 Å². The van der Waals surface area contributed by atoms with Crippen LogP contribution < -0.4 is 5.32 Å². The van der Waals surface area contributed by atoms with Gasteiger partial charge in [-0.1, -0.05) is 24.3 Å². The molecule has 0 saturated heterocycles. The topological polar surface area (TPSA) is 81.9 Å². The van der Waals surface area contributed by atoms with Crippen LogP contribution in [-0.2, 0) is 17.5 Å². The molecular weight excluding hydrogens is 423 g/mol. The fraction of sp³-hybridized carbons (Fsp3) is 0.182. The average molecular weight is 441 g/mol. The van der Waals surface area contributed by atoms with Crippen LogP contribution in [0.1, 0.15) is 27.3 Å². The molecule has 0 aliphatic carbocycles. The normalized spacial score (nSPS) is 11.5. The third kappa shape index (κ3) is 4.11. The molecule has 2 aromatic carbocycles.